The Bertz CT molecular complexity index is 421. The zero-order valence-electron chi connectivity index (χ0n) is 8.29. The monoisotopic (exact) mass is 398 g/mol. The van der Waals surface area contributed by atoms with Gasteiger partial charge in [-0.05, 0) is 40.3 Å². The second-order valence-electron chi connectivity index (χ2n) is 2.98. The van der Waals surface area contributed by atoms with E-state index in [1.54, 1.807) is 12.1 Å². The molecule has 0 amide bonds. The predicted octanol–water partition coefficient (Wildman–Crippen LogP) is 2.47. The van der Waals surface area contributed by atoms with E-state index in [9.17, 15) is 9.59 Å². The molecule has 0 heterocycles. The molecule has 86 valence electrons. The van der Waals surface area contributed by atoms with Crippen molar-refractivity contribution in [2.75, 3.05) is 7.11 Å². The summed E-state index contributed by atoms with van der Waals surface area (Å²) in [7, 11) is 1.30. The third kappa shape index (κ3) is 3.18. The third-order valence-electron chi connectivity index (χ3n) is 1.89. The molecule has 0 aliphatic carbocycles. The molecule has 0 aliphatic heterocycles. The van der Waals surface area contributed by atoms with Gasteiger partial charge in [-0.25, -0.2) is 4.79 Å². The van der Waals surface area contributed by atoms with Crippen molar-refractivity contribution in [3.63, 3.8) is 0 Å². The van der Waals surface area contributed by atoms with Crippen LogP contribution in [0.25, 0.3) is 0 Å². The van der Waals surface area contributed by atoms with Gasteiger partial charge in [0.15, 0.2) is 0 Å². The molecule has 1 N–H and O–H groups in total. The molecule has 0 bridgehead atoms. The fourth-order valence-corrected chi connectivity index (χ4v) is 2.95. The summed E-state index contributed by atoms with van der Waals surface area (Å²) in [4.78, 5) is 21.9. The molecule has 0 aromatic heterocycles. The molecule has 0 fully saturated rings. The van der Waals surface area contributed by atoms with Crippen molar-refractivity contribution < 1.29 is 19.4 Å². The summed E-state index contributed by atoms with van der Waals surface area (Å²) in [6, 6.07) is 3.17. The maximum Gasteiger partial charge on any atom is 0.337 e. The number of benzene rings is 1. The Morgan fingerprint density at radius 2 is 2.12 bits per heavy atom. The van der Waals surface area contributed by atoms with E-state index >= 15 is 0 Å². The number of esters is 1. The van der Waals surface area contributed by atoms with Crippen LogP contribution in [-0.2, 0) is 16.0 Å². The van der Waals surface area contributed by atoms with Crippen LogP contribution in [0.3, 0.4) is 0 Å². The van der Waals surface area contributed by atoms with Crippen LogP contribution in [-0.4, -0.2) is 24.2 Å². The van der Waals surface area contributed by atoms with Crippen LogP contribution in [0.4, 0.5) is 0 Å². The normalized spacial score (nSPS) is 9.94. The van der Waals surface area contributed by atoms with Crippen LogP contribution in [0.5, 0.6) is 0 Å². The fraction of sp³-hybridized carbons (Fsp3) is 0.200. The first kappa shape index (κ1) is 13.4. The van der Waals surface area contributed by atoms with Crippen molar-refractivity contribution in [1.82, 2.24) is 0 Å². The minimum Gasteiger partial charge on any atom is -0.481 e. The van der Waals surface area contributed by atoms with Gasteiger partial charge in [-0.3, -0.25) is 4.79 Å². The quantitative estimate of drug-likeness (QED) is 0.627. The topological polar surface area (TPSA) is 63.6 Å². The van der Waals surface area contributed by atoms with Crippen molar-refractivity contribution in [1.29, 1.82) is 0 Å². The summed E-state index contributed by atoms with van der Waals surface area (Å²) in [5, 5.41) is 8.72. The molecule has 0 unspecified atom stereocenters. The number of hydrogen-bond acceptors (Lipinski definition) is 3. The number of carboxylic acid groups (broad SMARTS) is 1. The van der Waals surface area contributed by atoms with E-state index < -0.39 is 11.9 Å². The molecular weight excluding hydrogens is 391 g/mol. The SMILES string of the molecule is COC(=O)c1cc(Br)c(CC(=O)O)c(I)c1. The molecule has 0 aliphatic rings. The third-order valence-corrected chi connectivity index (χ3v) is 3.56. The minimum absolute atomic E-state index is 0.0830. The van der Waals surface area contributed by atoms with E-state index in [1.165, 1.54) is 7.11 Å². The van der Waals surface area contributed by atoms with Crippen molar-refractivity contribution in [2.45, 2.75) is 6.42 Å². The lowest BCUT2D eigenvalue weighted by Crippen LogP contribution is -2.07. The minimum atomic E-state index is -0.913. The highest BCUT2D eigenvalue weighted by atomic mass is 127. The smallest absolute Gasteiger partial charge is 0.337 e. The number of carbonyl (C=O) groups excluding carboxylic acids is 1. The van der Waals surface area contributed by atoms with Gasteiger partial charge in [0.1, 0.15) is 0 Å². The summed E-state index contributed by atoms with van der Waals surface area (Å²) < 4.78 is 5.90. The van der Waals surface area contributed by atoms with Crippen LogP contribution in [0.2, 0.25) is 0 Å². The van der Waals surface area contributed by atoms with Gasteiger partial charge in [-0.1, -0.05) is 15.9 Å². The lowest BCUT2D eigenvalue weighted by Gasteiger charge is -2.07. The Morgan fingerprint density at radius 1 is 1.50 bits per heavy atom. The number of aliphatic carboxylic acids is 1. The molecular formula is C10H8BrIO4. The van der Waals surface area contributed by atoms with E-state index in [1.807, 2.05) is 22.6 Å². The van der Waals surface area contributed by atoms with E-state index in [4.69, 9.17) is 5.11 Å². The van der Waals surface area contributed by atoms with E-state index in [2.05, 4.69) is 20.7 Å². The predicted molar refractivity (Wildman–Crippen MR) is 69.5 cm³/mol. The highest BCUT2D eigenvalue weighted by Crippen LogP contribution is 2.25. The van der Waals surface area contributed by atoms with Gasteiger partial charge >= 0.3 is 11.9 Å². The number of methoxy groups -OCH3 is 1. The molecule has 0 saturated carbocycles. The molecule has 0 atom stereocenters. The Labute approximate surface area is 114 Å². The number of carboxylic acids is 1. The summed E-state index contributed by atoms with van der Waals surface area (Å²) >= 11 is 5.24. The molecule has 1 aromatic rings. The van der Waals surface area contributed by atoms with Crippen molar-refractivity contribution in [3.8, 4) is 0 Å². The first-order valence-corrected chi connectivity index (χ1v) is 6.11. The number of hydrogen-bond donors (Lipinski definition) is 1. The molecule has 0 radical (unpaired) electrons. The lowest BCUT2D eigenvalue weighted by atomic mass is 10.1. The van der Waals surface area contributed by atoms with Crippen molar-refractivity contribution in [3.05, 3.63) is 31.3 Å². The summed E-state index contributed by atoms with van der Waals surface area (Å²) in [6.07, 6.45) is -0.0830. The first-order valence-electron chi connectivity index (χ1n) is 4.23. The van der Waals surface area contributed by atoms with Gasteiger partial charge in [0.2, 0.25) is 0 Å². The Morgan fingerprint density at radius 3 is 2.56 bits per heavy atom. The van der Waals surface area contributed by atoms with Crippen LogP contribution < -0.4 is 0 Å². The molecule has 16 heavy (non-hydrogen) atoms. The van der Waals surface area contributed by atoms with Crippen LogP contribution in [0.1, 0.15) is 15.9 Å². The molecule has 0 spiro atoms. The van der Waals surface area contributed by atoms with E-state index in [0.29, 0.717) is 15.6 Å². The van der Waals surface area contributed by atoms with Crippen molar-refractivity contribution >= 4 is 50.5 Å². The number of ether oxygens (including phenoxy) is 1. The van der Waals surface area contributed by atoms with Gasteiger partial charge < -0.3 is 9.84 Å². The molecule has 1 rings (SSSR count). The maximum atomic E-state index is 11.3. The van der Waals surface area contributed by atoms with E-state index in [-0.39, 0.29) is 6.42 Å². The molecule has 1 aromatic carbocycles. The van der Waals surface area contributed by atoms with Crippen LogP contribution in [0.15, 0.2) is 16.6 Å². The zero-order chi connectivity index (χ0) is 12.3. The van der Waals surface area contributed by atoms with Gasteiger partial charge in [0.25, 0.3) is 0 Å². The Kier molecular flexibility index (Phi) is 4.72. The van der Waals surface area contributed by atoms with Gasteiger partial charge in [0, 0.05) is 8.04 Å². The highest BCUT2D eigenvalue weighted by Gasteiger charge is 2.14. The molecule has 6 heteroatoms. The second kappa shape index (κ2) is 5.62. The summed E-state index contributed by atoms with van der Waals surface area (Å²) in [5.41, 5.74) is 1.05. The zero-order valence-corrected chi connectivity index (χ0v) is 12.0. The molecule has 0 saturated heterocycles. The Balaban J connectivity index is 3.17. The second-order valence-corrected chi connectivity index (χ2v) is 5.00. The van der Waals surface area contributed by atoms with Gasteiger partial charge in [-0.15, -0.1) is 0 Å². The fourth-order valence-electron chi connectivity index (χ4n) is 1.16. The first-order chi connectivity index (χ1) is 7.45. The van der Waals surface area contributed by atoms with Crippen LogP contribution in [0, 0.1) is 3.57 Å². The van der Waals surface area contributed by atoms with Gasteiger partial charge in [0.05, 0.1) is 19.1 Å². The highest BCUT2D eigenvalue weighted by molar-refractivity contribution is 14.1. The van der Waals surface area contributed by atoms with E-state index in [0.717, 1.165) is 3.57 Å². The summed E-state index contributed by atoms with van der Waals surface area (Å²) in [6.45, 7) is 0. The maximum absolute atomic E-state index is 11.3. The number of rotatable bonds is 3. The Hall–Kier alpha value is -0.630. The van der Waals surface area contributed by atoms with Crippen LogP contribution >= 0.6 is 38.5 Å². The average molecular weight is 399 g/mol. The standard InChI is InChI=1S/C10H8BrIO4/c1-16-10(15)5-2-7(11)6(4-9(13)14)8(12)3-5/h2-3H,4H2,1H3,(H,13,14). The average Bonchev–Trinajstić information content (AvgIpc) is 2.21. The summed E-state index contributed by atoms with van der Waals surface area (Å²) in [5.74, 6) is -1.36. The number of carbonyl (C=O) groups is 2. The van der Waals surface area contributed by atoms with Crippen molar-refractivity contribution in [2.24, 2.45) is 0 Å². The number of halogens is 2. The lowest BCUT2D eigenvalue weighted by molar-refractivity contribution is -0.136. The van der Waals surface area contributed by atoms with Gasteiger partial charge in [-0.2, -0.15) is 0 Å². The molecule has 4 nitrogen and oxygen atoms in total. The largest absolute Gasteiger partial charge is 0.481 e.